The van der Waals surface area contributed by atoms with Gasteiger partial charge in [0, 0.05) is 38.6 Å². The maximum Gasteiger partial charge on any atom is 0.303 e. The molecule has 0 aliphatic carbocycles. The summed E-state index contributed by atoms with van der Waals surface area (Å²) in [6.45, 7) is 6.40. The fourth-order valence-corrected chi connectivity index (χ4v) is 4.47. The maximum absolute atomic E-state index is 12.2. The number of hydrogen-bond acceptors (Lipinski definition) is 10. The summed E-state index contributed by atoms with van der Waals surface area (Å²) in [5.74, 6) is -2.16. The Morgan fingerprint density at radius 2 is 1.36 bits per heavy atom. The topological polar surface area (TPSA) is 124 Å². The highest BCUT2D eigenvalue weighted by Crippen LogP contribution is 2.44. The van der Waals surface area contributed by atoms with Crippen LogP contribution in [0.25, 0.3) is 10.8 Å². The molecule has 0 aromatic heterocycles. The predicted molar refractivity (Wildman–Crippen MR) is 126 cm³/mol. The maximum atomic E-state index is 12.2. The van der Waals surface area contributed by atoms with E-state index < -0.39 is 54.4 Å². The fraction of sp³-hybridized carbons (Fsp3) is 0.462. The average molecular weight is 503 g/mol. The van der Waals surface area contributed by atoms with Crippen molar-refractivity contribution in [3.05, 3.63) is 41.5 Å². The van der Waals surface area contributed by atoms with Gasteiger partial charge in [-0.05, 0) is 23.9 Å². The summed E-state index contributed by atoms with van der Waals surface area (Å²) in [6, 6.07) is 9.44. The summed E-state index contributed by atoms with van der Waals surface area (Å²) in [5.41, 5.74) is 1.42. The van der Waals surface area contributed by atoms with Crippen molar-refractivity contribution >= 4 is 34.6 Å². The molecule has 1 heterocycles. The summed E-state index contributed by atoms with van der Waals surface area (Å²) in [6.07, 6.45) is -5.76. The van der Waals surface area contributed by atoms with Crippen LogP contribution in [0.15, 0.2) is 30.3 Å². The van der Waals surface area contributed by atoms with Crippen LogP contribution in [-0.2, 0) is 42.9 Å². The second-order valence-electron chi connectivity index (χ2n) is 8.48. The van der Waals surface area contributed by atoms with Crippen molar-refractivity contribution in [1.82, 2.24) is 0 Å². The summed E-state index contributed by atoms with van der Waals surface area (Å²) in [4.78, 5) is 47.8. The van der Waals surface area contributed by atoms with Crippen LogP contribution in [0.1, 0.15) is 44.9 Å². The molecule has 36 heavy (non-hydrogen) atoms. The van der Waals surface area contributed by atoms with Crippen LogP contribution in [0.2, 0.25) is 0 Å². The molecule has 3 rings (SSSR count). The molecule has 0 spiro atoms. The standard InChI is InChI=1S/C26H30O10/c1-13-11-20(22(31-6)19-10-8-7-9-18(13)19)23-25(34-16(4)29)26(35-17(5)30)24(33-15(3)28)21(36-23)12-32-14(2)27/h7-11,21,23-26H,12H2,1-6H3/t21-,23+,24-,25+,26+/m1/s1. The van der Waals surface area contributed by atoms with E-state index in [0.29, 0.717) is 11.3 Å². The molecule has 10 nitrogen and oxygen atoms in total. The van der Waals surface area contributed by atoms with Crippen molar-refractivity contribution < 1.29 is 47.6 Å². The Labute approximate surface area is 208 Å². The van der Waals surface area contributed by atoms with Crippen LogP contribution in [0.3, 0.4) is 0 Å². The van der Waals surface area contributed by atoms with E-state index in [2.05, 4.69) is 0 Å². The van der Waals surface area contributed by atoms with E-state index >= 15 is 0 Å². The van der Waals surface area contributed by atoms with E-state index in [0.717, 1.165) is 16.3 Å². The highest BCUT2D eigenvalue weighted by molar-refractivity contribution is 5.92. The molecule has 0 unspecified atom stereocenters. The van der Waals surface area contributed by atoms with Crippen LogP contribution >= 0.6 is 0 Å². The Kier molecular flexibility index (Phi) is 8.52. The molecule has 2 aromatic rings. The molecule has 1 aliphatic heterocycles. The molecule has 0 N–H and O–H groups in total. The van der Waals surface area contributed by atoms with Gasteiger partial charge in [0.1, 0.15) is 24.6 Å². The van der Waals surface area contributed by atoms with Crippen molar-refractivity contribution in [3.8, 4) is 5.75 Å². The van der Waals surface area contributed by atoms with Crippen LogP contribution in [0.5, 0.6) is 5.75 Å². The fourth-order valence-electron chi connectivity index (χ4n) is 4.47. The number of methoxy groups -OCH3 is 1. The van der Waals surface area contributed by atoms with Gasteiger partial charge in [0.15, 0.2) is 18.3 Å². The van der Waals surface area contributed by atoms with Gasteiger partial charge < -0.3 is 28.4 Å². The Morgan fingerprint density at radius 3 is 1.92 bits per heavy atom. The molecule has 194 valence electrons. The molecule has 10 heteroatoms. The van der Waals surface area contributed by atoms with Crippen molar-refractivity contribution in [2.75, 3.05) is 13.7 Å². The second kappa shape index (κ2) is 11.4. The number of aryl methyl sites for hydroxylation is 1. The molecule has 0 amide bonds. The minimum absolute atomic E-state index is 0.302. The minimum Gasteiger partial charge on any atom is -0.496 e. The smallest absolute Gasteiger partial charge is 0.303 e. The first-order valence-electron chi connectivity index (χ1n) is 11.4. The van der Waals surface area contributed by atoms with Crippen molar-refractivity contribution in [1.29, 1.82) is 0 Å². The lowest BCUT2D eigenvalue weighted by Crippen LogP contribution is -2.59. The first kappa shape index (κ1) is 26.9. The third-order valence-corrected chi connectivity index (χ3v) is 5.73. The normalized spacial score (nSPS) is 23.4. The van der Waals surface area contributed by atoms with Gasteiger partial charge in [0.25, 0.3) is 0 Å². The van der Waals surface area contributed by atoms with Crippen molar-refractivity contribution in [3.63, 3.8) is 0 Å². The first-order chi connectivity index (χ1) is 17.0. The number of esters is 4. The zero-order valence-electron chi connectivity index (χ0n) is 21.1. The van der Waals surface area contributed by atoms with E-state index in [4.69, 9.17) is 28.4 Å². The van der Waals surface area contributed by atoms with Gasteiger partial charge >= 0.3 is 23.9 Å². The SMILES string of the molecule is COc1c([C@@H]2O[C@H](COC(C)=O)[C@@H](OC(C)=O)[C@H](OC(C)=O)[C@H]2OC(C)=O)cc(C)c2ccccc12. The van der Waals surface area contributed by atoms with Gasteiger partial charge in [-0.3, -0.25) is 19.2 Å². The van der Waals surface area contributed by atoms with Crippen LogP contribution in [0, 0.1) is 6.92 Å². The minimum atomic E-state index is -1.26. The van der Waals surface area contributed by atoms with E-state index in [-0.39, 0.29) is 6.61 Å². The van der Waals surface area contributed by atoms with Gasteiger partial charge in [-0.25, -0.2) is 0 Å². The first-order valence-corrected chi connectivity index (χ1v) is 11.4. The molecule has 1 saturated heterocycles. The molecule has 2 aromatic carbocycles. The molecule has 0 bridgehead atoms. The molecular weight excluding hydrogens is 472 g/mol. The predicted octanol–water partition coefficient (Wildman–Crippen LogP) is 2.95. The lowest BCUT2D eigenvalue weighted by Gasteiger charge is -2.45. The van der Waals surface area contributed by atoms with Crippen LogP contribution in [-0.4, -0.2) is 62.0 Å². The Hall–Kier alpha value is -3.66. The summed E-state index contributed by atoms with van der Waals surface area (Å²) >= 11 is 0. The Morgan fingerprint density at radius 1 is 0.806 bits per heavy atom. The summed E-state index contributed by atoms with van der Waals surface area (Å²) < 4.78 is 33.8. The van der Waals surface area contributed by atoms with E-state index in [1.807, 2.05) is 37.3 Å². The monoisotopic (exact) mass is 502 g/mol. The zero-order chi connectivity index (χ0) is 26.6. The average Bonchev–Trinajstić information content (AvgIpc) is 2.79. The van der Waals surface area contributed by atoms with Crippen LogP contribution in [0.4, 0.5) is 0 Å². The van der Waals surface area contributed by atoms with E-state index in [1.54, 1.807) is 0 Å². The number of carbonyl (C=O) groups is 4. The number of rotatable bonds is 7. The molecule has 5 atom stereocenters. The quantitative estimate of drug-likeness (QED) is 0.412. The Balaban J connectivity index is 2.22. The van der Waals surface area contributed by atoms with E-state index in [9.17, 15) is 19.2 Å². The zero-order valence-corrected chi connectivity index (χ0v) is 21.1. The lowest BCUT2D eigenvalue weighted by atomic mass is 9.88. The van der Waals surface area contributed by atoms with Crippen molar-refractivity contribution in [2.24, 2.45) is 0 Å². The number of fused-ring (bicyclic) bond motifs is 1. The lowest BCUT2D eigenvalue weighted by molar-refractivity contribution is -0.254. The molecular formula is C26H30O10. The third kappa shape index (κ3) is 5.93. The number of ether oxygens (including phenoxy) is 6. The van der Waals surface area contributed by atoms with Gasteiger partial charge in [-0.1, -0.05) is 24.3 Å². The molecule has 0 radical (unpaired) electrons. The van der Waals surface area contributed by atoms with Crippen molar-refractivity contribution in [2.45, 2.75) is 65.1 Å². The number of benzene rings is 2. The third-order valence-electron chi connectivity index (χ3n) is 5.73. The summed E-state index contributed by atoms with van der Waals surface area (Å²) in [5, 5.41) is 1.74. The second-order valence-corrected chi connectivity index (χ2v) is 8.48. The number of hydrogen-bond donors (Lipinski definition) is 0. The highest BCUT2D eigenvalue weighted by Gasteiger charge is 2.53. The number of carbonyl (C=O) groups excluding carboxylic acids is 4. The summed E-state index contributed by atoms with van der Waals surface area (Å²) in [7, 11) is 1.51. The Bertz CT molecular complexity index is 1160. The molecule has 1 aliphatic rings. The van der Waals surface area contributed by atoms with Gasteiger partial charge in [-0.15, -0.1) is 0 Å². The van der Waals surface area contributed by atoms with Gasteiger partial charge in [0.2, 0.25) is 0 Å². The van der Waals surface area contributed by atoms with E-state index in [1.165, 1.54) is 34.8 Å². The van der Waals surface area contributed by atoms with Crippen LogP contribution < -0.4 is 4.74 Å². The van der Waals surface area contributed by atoms with Gasteiger partial charge in [0.05, 0.1) is 7.11 Å². The largest absolute Gasteiger partial charge is 0.496 e. The molecule has 1 fully saturated rings. The van der Waals surface area contributed by atoms with Gasteiger partial charge in [-0.2, -0.15) is 0 Å². The highest BCUT2D eigenvalue weighted by atomic mass is 16.7. The molecule has 0 saturated carbocycles.